The largest absolute Gasteiger partial charge is 0.484 e. The third-order valence-electron chi connectivity index (χ3n) is 3.74. The van der Waals surface area contributed by atoms with Gasteiger partial charge in [-0.15, -0.1) is 0 Å². The van der Waals surface area contributed by atoms with Gasteiger partial charge >= 0.3 is 0 Å². The highest BCUT2D eigenvalue weighted by atomic mass is 35.5. The number of hydrazine groups is 1. The van der Waals surface area contributed by atoms with Crippen LogP contribution in [0.4, 0.5) is 0 Å². The SMILES string of the molecule is O=C(/C=C/c1ccccc1Cl)NNC(=O)COc1ccc2ccccc2c1. The van der Waals surface area contributed by atoms with E-state index >= 15 is 0 Å². The second kappa shape index (κ2) is 8.87. The summed E-state index contributed by atoms with van der Waals surface area (Å²) in [6.07, 6.45) is 2.85. The smallest absolute Gasteiger partial charge is 0.276 e. The monoisotopic (exact) mass is 380 g/mol. The Labute approximate surface area is 161 Å². The first-order chi connectivity index (χ1) is 13.1. The second-order valence-electron chi connectivity index (χ2n) is 5.69. The molecular formula is C21H17ClN2O3. The lowest BCUT2D eigenvalue weighted by Crippen LogP contribution is -2.43. The number of carbonyl (C=O) groups excluding carboxylic acids is 2. The molecule has 2 N–H and O–H groups in total. The van der Waals surface area contributed by atoms with Crippen LogP contribution in [0, 0.1) is 0 Å². The fourth-order valence-corrected chi connectivity index (χ4v) is 2.59. The van der Waals surface area contributed by atoms with Crippen molar-refractivity contribution in [2.24, 2.45) is 0 Å². The number of ether oxygens (including phenoxy) is 1. The summed E-state index contributed by atoms with van der Waals surface area (Å²) >= 11 is 6.00. The third-order valence-corrected chi connectivity index (χ3v) is 4.08. The van der Waals surface area contributed by atoms with Gasteiger partial charge in [0.2, 0.25) is 0 Å². The predicted octanol–water partition coefficient (Wildman–Crippen LogP) is 3.73. The van der Waals surface area contributed by atoms with Crippen LogP contribution in [0.1, 0.15) is 5.56 Å². The van der Waals surface area contributed by atoms with Crippen LogP contribution in [0.5, 0.6) is 5.75 Å². The molecule has 3 aromatic rings. The number of benzene rings is 3. The zero-order chi connectivity index (χ0) is 19.1. The number of hydrogen-bond donors (Lipinski definition) is 2. The van der Waals surface area contributed by atoms with Crippen molar-refractivity contribution in [1.82, 2.24) is 10.9 Å². The molecule has 0 aliphatic heterocycles. The van der Waals surface area contributed by atoms with Gasteiger partial charge in [-0.2, -0.15) is 0 Å². The molecule has 0 spiro atoms. The topological polar surface area (TPSA) is 67.4 Å². The van der Waals surface area contributed by atoms with Crippen molar-refractivity contribution in [3.63, 3.8) is 0 Å². The number of carbonyl (C=O) groups is 2. The standard InChI is InChI=1S/C21H17ClN2O3/c22-19-8-4-3-6-16(19)10-12-20(25)23-24-21(26)14-27-18-11-9-15-5-1-2-7-17(15)13-18/h1-13H,14H2,(H,23,25)(H,24,26)/b12-10+. The van der Waals surface area contributed by atoms with Gasteiger partial charge in [-0.1, -0.05) is 60.1 Å². The van der Waals surface area contributed by atoms with E-state index in [1.54, 1.807) is 30.3 Å². The molecular weight excluding hydrogens is 364 g/mol. The van der Waals surface area contributed by atoms with E-state index in [2.05, 4.69) is 10.9 Å². The summed E-state index contributed by atoms with van der Waals surface area (Å²) in [7, 11) is 0. The first kappa shape index (κ1) is 18.5. The first-order valence-electron chi connectivity index (χ1n) is 8.25. The van der Waals surface area contributed by atoms with Crippen LogP contribution in [0.15, 0.2) is 72.8 Å². The fraction of sp³-hybridized carbons (Fsp3) is 0.0476. The highest BCUT2D eigenvalue weighted by molar-refractivity contribution is 6.32. The lowest BCUT2D eigenvalue weighted by molar-refractivity contribution is -0.128. The lowest BCUT2D eigenvalue weighted by atomic mass is 10.1. The van der Waals surface area contributed by atoms with Crippen molar-refractivity contribution in [1.29, 1.82) is 0 Å². The Balaban J connectivity index is 1.46. The molecule has 0 bridgehead atoms. The Morgan fingerprint density at radius 3 is 2.48 bits per heavy atom. The van der Waals surface area contributed by atoms with Crippen molar-refractivity contribution in [3.8, 4) is 5.75 Å². The maximum atomic E-state index is 11.8. The highest BCUT2D eigenvalue weighted by Gasteiger charge is 2.05. The molecule has 0 aliphatic carbocycles. The van der Waals surface area contributed by atoms with E-state index in [0.717, 1.165) is 10.8 Å². The third kappa shape index (κ3) is 5.33. The molecule has 0 aromatic heterocycles. The zero-order valence-electron chi connectivity index (χ0n) is 14.3. The first-order valence-corrected chi connectivity index (χ1v) is 8.62. The van der Waals surface area contributed by atoms with Crippen LogP contribution in [-0.4, -0.2) is 18.4 Å². The Hall–Kier alpha value is -3.31. The van der Waals surface area contributed by atoms with Crippen LogP contribution >= 0.6 is 11.6 Å². The van der Waals surface area contributed by atoms with E-state index in [0.29, 0.717) is 16.3 Å². The van der Waals surface area contributed by atoms with Gasteiger partial charge < -0.3 is 4.74 Å². The molecule has 2 amide bonds. The normalized spacial score (nSPS) is 10.7. The number of rotatable bonds is 5. The van der Waals surface area contributed by atoms with Crippen molar-refractivity contribution in [2.75, 3.05) is 6.61 Å². The van der Waals surface area contributed by atoms with Crippen molar-refractivity contribution >= 4 is 40.3 Å². The Kier molecular flexibility index (Phi) is 6.07. The van der Waals surface area contributed by atoms with Gasteiger partial charge in [0, 0.05) is 11.1 Å². The quantitative estimate of drug-likeness (QED) is 0.523. The summed E-state index contributed by atoms with van der Waals surface area (Å²) in [6.45, 7) is -0.215. The van der Waals surface area contributed by atoms with Gasteiger partial charge in [0.1, 0.15) is 5.75 Å². The van der Waals surface area contributed by atoms with E-state index in [9.17, 15) is 9.59 Å². The van der Waals surface area contributed by atoms with Crippen molar-refractivity contribution in [2.45, 2.75) is 0 Å². The van der Waals surface area contributed by atoms with Gasteiger partial charge in [-0.05, 0) is 40.6 Å². The number of hydrogen-bond acceptors (Lipinski definition) is 3. The van der Waals surface area contributed by atoms with Gasteiger partial charge in [0.15, 0.2) is 6.61 Å². The summed E-state index contributed by atoms with van der Waals surface area (Å²) in [4.78, 5) is 23.6. The molecule has 3 aromatic carbocycles. The van der Waals surface area contributed by atoms with Gasteiger partial charge in [-0.3, -0.25) is 20.4 Å². The van der Waals surface area contributed by atoms with E-state index in [1.165, 1.54) is 6.08 Å². The van der Waals surface area contributed by atoms with Gasteiger partial charge in [-0.25, -0.2) is 0 Å². The minimum Gasteiger partial charge on any atom is -0.484 e. The maximum Gasteiger partial charge on any atom is 0.276 e. The predicted molar refractivity (Wildman–Crippen MR) is 106 cm³/mol. The molecule has 6 heteroatoms. The summed E-state index contributed by atoms with van der Waals surface area (Å²) in [5, 5.41) is 2.65. The van der Waals surface area contributed by atoms with Gasteiger partial charge in [0.05, 0.1) is 0 Å². The number of halogens is 1. The second-order valence-corrected chi connectivity index (χ2v) is 6.10. The molecule has 0 saturated heterocycles. The van der Waals surface area contributed by atoms with Crippen LogP contribution in [0.25, 0.3) is 16.8 Å². The van der Waals surface area contributed by atoms with Crippen LogP contribution < -0.4 is 15.6 Å². The van der Waals surface area contributed by atoms with E-state index in [-0.39, 0.29) is 6.61 Å². The zero-order valence-corrected chi connectivity index (χ0v) is 15.1. The van der Waals surface area contributed by atoms with Crippen LogP contribution in [-0.2, 0) is 9.59 Å². The molecule has 0 aliphatic rings. The Bertz CT molecular complexity index is 1000. The average Bonchev–Trinajstić information content (AvgIpc) is 2.70. The maximum absolute atomic E-state index is 11.8. The molecule has 27 heavy (non-hydrogen) atoms. The van der Waals surface area contributed by atoms with E-state index in [4.69, 9.17) is 16.3 Å². The molecule has 136 valence electrons. The molecule has 3 rings (SSSR count). The molecule has 0 unspecified atom stereocenters. The number of fused-ring (bicyclic) bond motifs is 1. The number of amides is 2. The minimum absolute atomic E-state index is 0.215. The highest BCUT2D eigenvalue weighted by Crippen LogP contribution is 2.20. The van der Waals surface area contributed by atoms with Crippen molar-refractivity contribution < 1.29 is 14.3 Å². The molecule has 0 radical (unpaired) electrons. The average molecular weight is 381 g/mol. The Morgan fingerprint density at radius 1 is 0.926 bits per heavy atom. The van der Waals surface area contributed by atoms with E-state index in [1.807, 2.05) is 42.5 Å². The molecule has 0 atom stereocenters. The minimum atomic E-state index is -0.478. The molecule has 0 heterocycles. The summed E-state index contributed by atoms with van der Waals surface area (Å²) in [5.74, 6) is -0.370. The summed E-state index contributed by atoms with van der Waals surface area (Å²) < 4.78 is 5.45. The molecule has 5 nitrogen and oxygen atoms in total. The van der Waals surface area contributed by atoms with Crippen LogP contribution in [0.2, 0.25) is 5.02 Å². The lowest BCUT2D eigenvalue weighted by Gasteiger charge is -2.08. The Morgan fingerprint density at radius 2 is 1.67 bits per heavy atom. The van der Waals surface area contributed by atoms with Gasteiger partial charge in [0.25, 0.3) is 11.8 Å². The summed E-state index contributed by atoms with van der Waals surface area (Å²) in [6, 6.07) is 20.5. The van der Waals surface area contributed by atoms with Crippen LogP contribution in [0.3, 0.4) is 0 Å². The molecule has 0 fully saturated rings. The molecule has 0 saturated carbocycles. The fourth-order valence-electron chi connectivity index (χ4n) is 2.39. The van der Waals surface area contributed by atoms with E-state index < -0.39 is 11.8 Å². The van der Waals surface area contributed by atoms with Crippen molar-refractivity contribution in [3.05, 3.63) is 83.4 Å². The number of nitrogens with one attached hydrogen (secondary N) is 2. The summed E-state index contributed by atoms with van der Waals surface area (Å²) in [5.41, 5.74) is 5.29.